The minimum absolute atomic E-state index is 0.214. The molecule has 0 radical (unpaired) electrons. The van der Waals surface area contributed by atoms with Crippen molar-refractivity contribution in [2.24, 2.45) is 0 Å². The molecule has 2 rings (SSSR count). The quantitative estimate of drug-likeness (QED) is 0.710. The first-order valence-electron chi connectivity index (χ1n) is 5.56. The minimum Gasteiger partial charge on any atom is -0.496 e. The molecule has 1 aromatic rings. The van der Waals surface area contributed by atoms with Crippen molar-refractivity contribution in [1.82, 2.24) is 0 Å². The highest BCUT2D eigenvalue weighted by atomic mass is 16.5. The Kier molecular flexibility index (Phi) is 3.09. The molecule has 1 aliphatic carbocycles. The minimum atomic E-state index is 0.214. The van der Waals surface area contributed by atoms with Crippen LogP contribution >= 0.6 is 0 Å². The number of carbonyl (C=O) groups excluding carboxylic acids is 1. The van der Waals surface area contributed by atoms with Crippen LogP contribution in [0.5, 0.6) is 5.75 Å². The lowest BCUT2D eigenvalue weighted by Crippen LogP contribution is -2.15. The van der Waals surface area contributed by atoms with Crippen LogP contribution in [0.2, 0.25) is 0 Å². The van der Waals surface area contributed by atoms with Crippen LogP contribution in [0.4, 0.5) is 0 Å². The molecule has 84 valence electrons. The highest BCUT2D eigenvalue weighted by molar-refractivity contribution is 5.95. The van der Waals surface area contributed by atoms with E-state index in [1.54, 1.807) is 7.11 Å². The van der Waals surface area contributed by atoms with E-state index in [0.29, 0.717) is 12.3 Å². The van der Waals surface area contributed by atoms with Crippen LogP contribution in [0, 0.1) is 0 Å². The Hall–Kier alpha value is -1.57. The molecule has 2 heteroatoms. The van der Waals surface area contributed by atoms with Crippen LogP contribution in [-0.4, -0.2) is 12.9 Å². The van der Waals surface area contributed by atoms with Gasteiger partial charge in [0.15, 0.2) is 5.78 Å². The molecule has 0 aromatic heterocycles. The molecule has 1 aromatic carbocycles. The lowest BCUT2D eigenvalue weighted by molar-refractivity contribution is -0.116. The lowest BCUT2D eigenvalue weighted by atomic mass is 9.81. The number of rotatable bonds is 2. The molecule has 1 aliphatic rings. The third kappa shape index (κ3) is 2.01. The summed E-state index contributed by atoms with van der Waals surface area (Å²) in [5.41, 5.74) is 1.95. The van der Waals surface area contributed by atoms with Crippen LogP contribution in [0.25, 0.3) is 0 Å². The molecule has 0 bridgehead atoms. The summed E-state index contributed by atoms with van der Waals surface area (Å²) in [6.45, 7) is 3.84. The molecule has 1 unspecified atom stereocenters. The average molecular weight is 216 g/mol. The van der Waals surface area contributed by atoms with Gasteiger partial charge in [-0.15, -0.1) is 0 Å². The van der Waals surface area contributed by atoms with Crippen molar-refractivity contribution >= 4 is 5.78 Å². The van der Waals surface area contributed by atoms with Gasteiger partial charge >= 0.3 is 0 Å². The summed E-state index contributed by atoms with van der Waals surface area (Å²) in [5, 5.41) is 0. The van der Waals surface area contributed by atoms with Gasteiger partial charge in [0.05, 0.1) is 7.11 Å². The van der Waals surface area contributed by atoms with Gasteiger partial charge in [-0.3, -0.25) is 4.79 Å². The second kappa shape index (κ2) is 4.52. The van der Waals surface area contributed by atoms with Gasteiger partial charge in [0.2, 0.25) is 0 Å². The number of carbonyl (C=O) groups is 1. The van der Waals surface area contributed by atoms with Crippen LogP contribution in [0.15, 0.2) is 36.4 Å². The number of hydrogen-bond donors (Lipinski definition) is 0. The van der Waals surface area contributed by atoms with Gasteiger partial charge in [-0.25, -0.2) is 0 Å². The van der Waals surface area contributed by atoms with Crippen LogP contribution in [-0.2, 0) is 4.79 Å². The summed E-state index contributed by atoms with van der Waals surface area (Å²) in [4.78, 5) is 11.4. The molecule has 2 nitrogen and oxygen atoms in total. The molecule has 1 saturated carbocycles. The van der Waals surface area contributed by atoms with Crippen LogP contribution < -0.4 is 4.74 Å². The molecular weight excluding hydrogens is 200 g/mol. The van der Waals surface area contributed by atoms with Gasteiger partial charge in [-0.1, -0.05) is 24.8 Å². The van der Waals surface area contributed by atoms with Crippen molar-refractivity contribution in [3.8, 4) is 5.75 Å². The number of hydrogen-bond acceptors (Lipinski definition) is 2. The Morgan fingerprint density at radius 2 is 2.12 bits per heavy atom. The third-order valence-electron chi connectivity index (χ3n) is 3.19. The number of benzene rings is 1. The first-order chi connectivity index (χ1) is 7.72. The van der Waals surface area contributed by atoms with Crippen molar-refractivity contribution in [2.75, 3.05) is 7.11 Å². The average Bonchev–Trinajstić information content (AvgIpc) is 2.32. The largest absolute Gasteiger partial charge is 0.496 e. The monoisotopic (exact) mass is 216 g/mol. The van der Waals surface area contributed by atoms with E-state index in [0.717, 1.165) is 24.2 Å². The van der Waals surface area contributed by atoms with Crippen molar-refractivity contribution in [3.63, 3.8) is 0 Å². The van der Waals surface area contributed by atoms with Crippen molar-refractivity contribution in [3.05, 3.63) is 42.0 Å². The Morgan fingerprint density at radius 1 is 1.38 bits per heavy atom. The zero-order valence-electron chi connectivity index (χ0n) is 9.53. The van der Waals surface area contributed by atoms with Crippen molar-refractivity contribution < 1.29 is 9.53 Å². The Bertz CT molecular complexity index is 420. The standard InChI is InChI=1S/C14H16O2/c1-10-9-11(7-8-13(10)15)12-5-3-4-6-14(12)16-2/h3-6,11H,1,7-9H2,2H3. The zero-order chi connectivity index (χ0) is 11.5. The van der Waals surface area contributed by atoms with Gasteiger partial charge < -0.3 is 4.74 Å². The first-order valence-corrected chi connectivity index (χ1v) is 5.56. The number of allylic oxidation sites excluding steroid dienone is 1. The van der Waals surface area contributed by atoms with Gasteiger partial charge in [0.25, 0.3) is 0 Å². The predicted octanol–water partition coefficient (Wildman–Crippen LogP) is 3.09. The molecule has 0 aliphatic heterocycles. The summed E-state index contributed by atoms with van der Waals surface area (Å²) in [7, 11) is 1.68. The lowest BCUT2D eigenvalue weighted by Gasteiger charge is -2.24. The summed E-state index contributed by atoms with van der Waals surface area (Å²) >= 11 is 0. The summed E-state index contributed by atoms with van der Waals surface area (Å²) in [6.07, 6.45) is 2.28. The summed E-state index contributed by atoms with van der Waals surface area (Å²) in [5.74, 6) is 1.50. The van der Waals surface area contributed by atoms with E-state index >= 15 is 0 Å². The number of methoxy groups -OCH3 is 1. The van der Waals surface area contributed by atoms with E-state index in [1.165, 1.54) is 5.56 Å². The molecule has 0 saturated heterocycles. The fraction of sp³-hybridized carbons (Fsp3) is 0.357. The first kappa shape index (κ1) is 10.9. The maximum Gasteiger partial charge on any atom is 0.158 e. The number of ketones is 1. The molecule has 0 heterocycles. The van der Waals surface area contributed by atoms with E-state index < -0.39 is 0 Å². The Labute approximate surface area is 95.9 Å². The highest BCUT2D eigenvalue weighted by Crippen LogP contribution is 2.37. The van der Waals surface area contributed by atoms with Gasteiger partial charge in [0, 0.05) is 6.42 Å². The van der Waals surface area contributed by atoms with E-state index in [9.17, 15) is 4.79 Å². The molecule has 1 fully saturated rings. The maximum absolute atomic E-state index is 11.4. The van der Waals surface area contributed by atoms with Crippen molar-refractivity contribution in [2.45, 2.75) is 25.2 Å². The third-order valence-corrected chi connectivity index (χ3v) is 3.19. The number of Topliss-reactive ketones (excluding diaryl/α,β-unsaturated/α-hetero) is 1. The fourth-order valence-corrected chi connectivity index (χ4v) is 2.26. The van der Waals surface area contributed by atoms with E-state index in [1.807, 2.05) is 18.2 Å². The predicted molar refractivity (Wildman–Crippen MR) is 63.7 cm³/mol. The molecule has 1 atom stereocenters. The molecule has 0 N–H and O–H groups in total. The fourth-order valence-electron chi connectivity index (χ4n) is 2.26. The SMILES string of the molecule is C=C1CC(c2ccccc2OC)CCC1=O. The second-order valence-electron chi connectivity index (χ2n) is 4.21. The Morgan fingerprint density at radius 3 is 2.81 bits per heavy atom. The molecule has 0 amide bonds. The highest BCUT2D eigenvalue weighted by Gasteiger charge is 2.24. The maximum atomic E-state index is 11.4. The molecular formula is C14H16O2. The zero-order valence-corrected chi connectivity index (χ0v) is 9.53. The topological polar surface area (TPSA) is 26.3 Å². The van der Waals surface area contributed by atoms with Crippen LogP contribution in [0.1, 0.15) is 30.7 Å². The van der Waals surface area contributed by atoms with E-state index in [-0.39, 0.29) is 5.78 Å². The van der Waals surface area contributed by atoms with Gasteiger partial charge in [-0.2, -0.15) is 0 Å². The van der Waals surface area contributed by atoms with Crippen LogP contribution in [0.3, 0.4) is 0 Å². The Balaban J connectivity index is 2.24. The van der Waals surface area contributed by atoms with E-state index in [4.69, 9.17) is 4.74 Å². The summed E-state index contributed by atoms with van der Waals surface area (Å²) < 4.78 is 5.35. The second-order valence-corrected chi connectivity index (χ2v) is 4.21. The van der Waals surface area contributed by atoms with E-state index in [2.05, 4.69) is 12.6 Å². The van der Waals surface area contributed by atoms with Gasteiger partial charge in [0.1, 0.15) is 5.75 Å². The number of para-hydroxylation sites is 1. The molecule has 16 heavy (non-hydrogen) atoms. The number of ether oxygens (including phenoxy) is 1. The normalized spacial score (nSPS) is 20.9. The molecule has 0 spiro atoms. The summed E-state index contributed by atoms with van der Waals surface area (Å²) in [6, 6.07) is 8.02. The van der Waals surface area contributed by atoms with Gasteiger partial charge in [-0.05, 0) is 36.0 Å². The smallest absolute Gasteiger partial charge is 0.158 e. The van der Waals surface area contributed by atoms with Crippen molar-refractivity contribution in [1.29, 1.82) is 0 Å².